The fourth-order valence-electron chi connectivity index (χ4n) is 8.37. The van der Waals surface area contributed by atoms with Gasteiger partial charge < -0.3 is 4.57 Å². The predicted molar refractivity (Wildman–Crippen MR) is 203 cm³/mol. The number of aromatic nitrogens is 1. The molecule has 8 aromatic rings. The van der Waals surface area contributed by atoms with Gasteiger partial charge in [0.1, 0.15) is 0 Å². The number of nitrogens with zero attached hydrogens (tertiary/aromatic N) is 1. The first-order valence-electron chi connectivity index (χ1n) is 16.1. The van der Waals surface area contributed by atoms with E-state index in [9.17, 15) is 0 Å². The highest BCUT2D eigenvalue weighted by atomic mass is 32.1. The van der Waals surface area contributed by atoms with Gasteiger partial charge in [0.05, 0.1) is 11.0 Å². The Hall–Kier alpha value is -4.96. The standard InChI is InChI=1S/C43H33NSSi/c1-43(29-15-16-31(30-43)44-38-25-11-8-21-34(38)35-22-9-12-26-39(35)44)46(32-17-4-2-5-18-32,33-19-6-3-7-20-33)41-28-14-24-37-36-23-10-13-27-40(36)45-42(37)41/h2-29H,30H2,1H3. The molecular formula is C43H33NSSi. The molecular weight excluding hydrogens is 591 g/mol. The van der Waals surface area contributed by atoms with Crippen molar-refractivity contribution < 1.29 is 0 Å². The van der Waals surface area contributed by atoms with E-state index in [0.717, 1.165) is 6.42 Å². The molecule has 0 radical (unpaired) electrons. The smallest absolute Gasteiger partial charge is 0.159 e. The van der Waals surface area contributed by atoms with E-state index < -0.39 is 8.07 Å². The first kappa shape index (κ1) is 27.4. The summed E-state index contributed by atoms with van der Waals surface area (Å²) in [6, 6.07) is 56.7. The van der Waals surface area contributed by atoms with Gasteiger partial charge >= 0.3 is 0 Å². The molecule has 0 saturated heterocycles. The molecule has 46 heavy (non-hydrogen) atoms. The Morgan fingerprint density at radius 1 is 0.565 bits per heavy atom. The Bertz CT molecular complexity index is 2370. The van der Waals surface area contributed by atoms with Crippen LogP contribution >= 0.6 is 11.3 Å². The van der Waals surface area contributed by atoms with E-state index in [1.807, 2.05) is 11.3 Å². The summed E-state index contributed by atoms with van der Waals surface area (Å²) in [6.45, 7) is 2.54. The summed E-state index contributed by atoms with van der Waals surface area (Å²) in [4.78, 5) is 0. The second-order valence-corrected chi connectivity index (χ2v) is 18.1. The second-order valence-electron chi connectivity index (χ2n) is 12.7. The molecule has 0 saturated carbocycles. The van der Waals surface area contributed by atoms with Crippen molar-refractivity contribution in [2.75, 3.05) is 0 Å². The summed E-state index contributed by atoms with van der Waals surface area (Å²) in [5.41, 5.74) is 3.88. The van der Waals surface area contributed by atoms with Crippen LogP contribution in [0.2, 0.25) is 5.04 Å². The zero-order chi connectivity index (χ0) is 30.7. The Morgan fingerprint density at radius 3 is 1.76 bits per heavy atom. The fraction of sp³-hybridized carbons (Fsp3) is 0.0698. The molecule has 220 valence electrons. The first-order chi connectivity index (χ1) is 22.7. The molecule has 1 unspecified atom stereocenters. The third kappa shape index (κ3) is 3.86. The molecule has 6 aromatic carbocycles. The number of benzene rings is 6. The topological polar surface area (TPSA) is 4.93 Å². The molecule has 0 amide bonds. The highest BCUT2D eigenvalue weighted by molar-refractivity contribution is 7.29. The Kier molecular flexibility index (Phi) is 6.28. The normalized spacial score (nSPS) is 16.8. The molecule has 0 fully saturated rings. The molecule has 1 aliphatic rings. The zero-order valence-electron chi connectivity index (χ0n) is 25.7. The number of para-hydroxylation sites is 2. The van der Waals surface area contributed by atoms with Gasteiger partial charge in [-0.05, 0) is 51.3 Å². The first-order valence-corrected chi connectivity index (χ1v) is 18.9. The van der Waals surface area contributed by atoms with Crippen molar-refractivity contribution in [3.8, 4) is 0 Å². The Balaban J connectivity index is 1.36. The van der Waals surface area contributed by atoms with Crippen LogP contribution in [0.3, 0.4) is 0 Å². The molecule has 0 N–H and O–H groups in total. The fourth-order valence-corrected chi connectivity index (χ4v) is 16.0. The summed E-state index contributed by atoms with van der Waals surface area (Å²) in [5.74, 6) is 0. The number of allylic oxidation sites excluding steroid dienone is 4. The third-order valence-electron chi connectivity index (χ3n) is 10.2. The van der Waals surface area contributed by atoms with Crippen LogP contribution in [0.5, 0.6) is 0 Å². The van der Waals surface area contributed by atoms with Gasteiger partial charge in [0.2, 0.25) is 0 Å². The van der Waals surface area contributed by atoms with E-state index in [4.69, 9.17) is 0 Å². The SMILES string of the molecule is CC1([Si](c2ccccc2)(c2ccccc2)c2cccc3c2sc2ccccc23)C=CC=C(n2c3ccccc3c3ccccc32)C1. The minimum absolute atomic E-state index is 0.184. The van der Waals surface area contributed by atoms with Gasteiger partial charge in [-0.1, -0.05) is 153 Å². The van der Waals surface area contributed by atoms with Crippen LogP contribution in [-0.2, 0) is 0 Å². The lowest BCUT2D eigenvalue weighted by molar-refractivity contribution is 0.733. The Morgan fingerprint density at radius 2 is 1.11 bits per heavy atom. The van der Waals surface area contributed by atoms with E-state index in [-0.39, 0.29) is 5.04 Å². The molecule has 1 atom stereocenters. The highest BCUT2D eigenvalue weighted by Gasteiger charge is 2.54. The lowest BCUT2D eigenvalue weighted by Gasteiger charge is -2.48. The van der Waals surface area contributed by atoms with E-state index in [2.05, 4.69) is 181 Å². The van der Waals surface area contributed by atoms with Crippen LogP contribution in [0.25, 0.3) is 47.7 Å². The van der Waals surface area contributed by atoms with Crippen molar-refractivity contribution in [3.63, 3.8) is 0 Å². The van der Waals surface area contributed by atoms with Gasteiger partial charge in [0.15, 0.2) is 8.07 Å². The quantitative estimate of drug-likeness (QED) is 0.133. The van der Waals surface area contributed by atoms with Crippen LogP contribution in [-0.4, -0.2) is 12.6 Å². The summed E-state index contributed by atoms with van der Waals surface area (Å²) in [5, 5.41) is 9.53. The summed E-state index contributed by atoms with van der Waals surface area (Å²) in [6.07, 6.45) is 8.17. The summed E-state index contributed by atoms with van der Waals surface area (Å²) in [7, 11) is -2.79. The van der Waals surface area contributed by atoms with Crippen molar-refractivity contribution in [3.05, 3.63) is 170 Å². The van der Waals surface area contributed by atoms with Crippen LogP contribution in [0, 0.1) is 0 Å². The lowest BCUT2D eigenvalue weighted by Crippen LogP contribution is -2.73. The largest absolute Gasteiger partial charge is 0.313 e. The number of fused-ring (bicyclic) bond motifs is 6. The average molecular weight is 624 g/mol. The van der Waals surface area contributed by atoms with E-state index in [1.165, 1.54) is 63.2 Å². The maximum Gasteiger partial charge on any atom is 0.159 e. The van der Waals surface area contributed by atoms with E-state index in [0.29, 0.717) is 0 Å². The molecule has 0 bridgehead atoms. The van der Waals surface area contributed by atoms with Gasteiger partial charge in [-0.2, -0.15) is 0 Å². The summed E-state index contributed by atoms with van der Waals surface area (Å²) < 4.78 is 5.30. The maximum atomic E-state index is 2.54. The molecule has 0 spiro atoms. The number of hydrogen-bond acceptors (Lipinski definition) is 1. The van der Waals surface area contributed by atoms with Crippen LogP contribution in [0.15, 0.2) is 170 Å². The van der Waals surface area contributed by atoms with Crippen molar-refractivity contribution in [1.29, 1.82) is 0 Å². The van der Waals surface area contributed by atoms with Crippen molar-refractivity contribution in [2.24, 2.45) is 0 Å². The molecule has 3 heteroatoms. The predicted octanol–water partition coefficient (Wildman–Crippen LogP) is 9.89. The van der Waals surface area contributed by atoms with E-state index >= 15 is 0 Å². The van der Waals surface area contributed by atoms with Gasteiger partial charge in [-0.15, -0.1) is 11.3 Å². The molecule has 1 nitrogen and oxygen atoms in total. The second kappa shape index (κ2) is 10.6. The average Bonchev–Trinajstić information content (AvgIpc) is 3.66. The minimum Gasteiger partial charge on any atom is -0.313 e. The number of thiophene rings is 1. The number of hydrogen-bond donors (Lipinski definition) is 0. The van der Waals surface area contributed by atoms with Gasteiger partial charge in [-0.3, -0.25) is 0 Å². The highest BCUT2D eigenvalue weighted by Crippen LogP contribution is 2.50. The van der Waals surface area contributed by atoms with Crippen molar-refractivity contribution in [1.82, 2.24) is 4.57 Å². The Labute approximate surface area is 274 Å². The van der Waals surface area contributed by atoms with E-state index in [1.54, 1.807) is 0 Å². The maximum absolute atomic E-state index is 2.79. The lowest BCUT2D eigenvalue weighted by atomic mass is 9.98. The molecule has 9 rings (SSSR count). The van der Waals surface area contributed by atoms with Gasteiger partial charge in [-0.25, -0.2) is 0 Å². The minimum atomic E-state index is -2.79. The zero-order valence-corrected chi connectivity index (χ0v) is 27.5. The molecule has 1 aliphatic carbocycles. The monoisotopic (exact) mass is 623 g/mol. The van der Waals surface area contributed by atoms with Crippen LogP contribution in [0.4, 0.5) is 0 Å². The van der Waals surface area contributed by atoms with Crippen molar-refractivity contribution in [2.45, 2.75) is 18.4 Å². The van der Waals surface area contributed by atoms with Crippen molar-refractivity contribution >= 4 is 82.6 Å². The molecule has 2 heterocycles. The number of rotatable bonds is 5. The van der Waals surface area contributed by atoms with Crippen LogP contribution < -0.4 is 15.6 Å². The molecule has 0 aliphatic heterocycles. The van der Waals surface area contributed by atoms with Gasteiger partial charge in [0, 0.05) is 36.6 Å². The van der Waals surface area contributed by atoms with Gasteiger partial charge in [0.25, 0.3) is 0 Å². The molecule has 2 aromatic heterocycles. The van der Waals surface area contributed by atoms with Crippen LogP contribution in [0.1, 0.15) is 13.3 Å². The third-order valence-corrected chi connectivity index (χ3v) is 17.3. The summed E-state index contributed by atoms with van der Waals surface area (Å²) >= 11 is 1.96.